The summed E-state index contributed by atoms with van der Waals surface area (Å²) in [5.74, 6) is 0.944. The number of benzene rings is 1. The number of allylic oxidation sites excluding steroid dienone is 1. The maximum absolute atomic E-state index is 6.25. The molecule has 29 heavy (non-hydrogen) atoms. The molecule has 4 rings (SSSR count). The molecule has 2 aliphatic carbocycles. The fraction of sp³-hybridized carbons (Fsp3) is 0.435. The molecule has 1 saturated carbocycles. The van der Waals surface area contributed by atoms with Gasteiger partial charge in [0.15, 0.2) is 0 Å². The van der Waals surface area contributed by atoms with E-state index in [4.69, 9.17) is 16.3 Å². The number of nitrogens with zero attached hydrogens (tertiary/aromatic N) is 3. The van der Waals surface area contributed by atoms with Gasteiger partial charge in [0.1, 0.15) is 19.3 Å². The molecular formula is C23H29N5O. The normalized spacial score (nSPS) is 23.9. The summed E-state index contributed by atoms with van der Waals surface area (Å²) >= 11 is 0. The van der Waals surface area contributed by atoms with E-state index in [1.165, 1.54) is 11.9 Å². The molecule has 152 valence electrons. The van der Waals surface area contributed by atoms with Gasteiger partial charge < -0.3 is 16.3 Å². The molecule has 0 saturated heterocycles. The fourth-order valence-electron chi connectivity index (χ4n) is 4.78. The average Bonchev–Trinajstić information content (AvgIpc) is 2.70. The first-order valence-electron chi connectivity index (χ1n) is 10.2. The van der Waals surface area contributed by atoms with Gasteiger partial charge in [0.25, 0.3) is 0 Å². The molecule has 0 amide bonds. The molecule has 6 heteroatoms. The van der Waals surface area contributed by atoms with Gasteiger partial charge in [0.05, 0.1) is 11.4 Å². The first-order valence-corrected chi connectivity index (χ1v) is 10.2. The summed E-state index contributed by atoms with van der Waals surface area (Å²) in [6.07, 6.45) is 5.82. The Hall–Kier alpha value is -2.73. The highest BCUT2D eigenvalue weighted by Gasteiger charge is 2.41. The van der Waals surface area contributed by atoms with Crippen molar-refractivity contribution in [3.05, 3.63) is 47.8 Å². The second-order valence-corrected chi connectivity index (χ2v) is 8.63. The van der Waals surface area contributed by atoms with Crippen molar-refractivity contribution in [3.63, 3.8) is 0 Å². The van der Waals surface area contributed by atoms with Crippen LogP contribution in [0.2, 0.25) is 0 Å². The summed E-state index contributed by atoms with van der Waals surface area (Å²) in [4.78, 5) is 14.0. The summed E-state index contributed by atoms with van der Waals surface area (Å²) in [5.41, 5.74) is 18.7. The Morgan fingerprint density at radius 3 is 2.59 bits per heavy atom. The zero-order valence-electron chi connectivity index (χ0n) is 17.4. The molecule has 0 spiro atoms. The minimum atomic E-state index is -0.485. The van der Waals surface area contributed by atoms with Crippen molar-refractivity contribution in [3.8, 4) is 11.3 Å². The lowest BCUT2D eigenvalue weighted by molar-refractivity contribution is 0.211. The number of hydrogen-bond acceptors (Lipinski definition) is 6. The lowest BCUT2D eigenvalue weighted by Gasteiger charge is -2.35. The largest absolute Gasteiger partial charge is 0.399 e. The number of hydrogen-bond donors (Lipinski definition) is 2. The quantitative estimate of drug-likeness (QED) is 0.773. The fourth-order valence-corrected chi connectivity index (χ4v) is 4.78. The third kappa shape index (κ3) is 3.21. The van der Waals surface area contributed by atoms with Crippen molar-refractivity contribution < 1.29 is 4.84 Å². The van der Waals surface area contributed by atoms with E-state index in [1.807, 2.05) is 0 Å². The third-order valence-corrected chi connectivity index (χ3v) is 6.44. The van der Waals surface area contributed by atoms with Crippen LogP contribution in [0.3, 0.4) is 0 Å². The molecule has 0 atom stereocenters. The Morgan fingerprint density at radius 2 is 1.90 bits per heavy atom. The molecule has 0 aliphatic heterocycles. The molecule has 0 unspecified atom stereocenters. The molecule has 4 N–H and O–H groups in total. The van der Waals surface area contributed by atoms with E-state index in [9.17, 15) is 0 Å². The zero-order valence-corrected chi connectivity index (χ0v) is 17.4. The smallest absolute Gasteiger partial charge is 0.131 e. The van der Waals surface area contributed by atoms with E-state index < -0.39 is 5.41 Å². The van der Waals surface area contributed by atoms with Crippen LogP contribution >= 0.6 is 0 Å². The minimum Gasteiger partial charge on any atom is -0.399 e. The highest BCUT2D eigenvalue weighted by Crippen LogP contribution is 2.45. The predicted octanol–water partition coefficient (Wildman–Crippen LogP) is 3.90. The highest BCUT2D eigenvalue weighted by atomic mass is 16.6. The summed E-state index contributed by atoms with van der Waals surface area (Å²) in [5, 5.41) is 4.40. The van der Waals surface area contributed by atoms with Gasteiger partial charge in [-0.05, 0) is 62.7 Å². The van der Waals surface area contributed by atoms with Gasteiger partial charge in [0.2, 0.25) is 0 Å². The van der Waals surface area contributed by atoms with Crippen LogP contribution in [0, 0.1) is 5.92 Å². The van der Waals surface area contributed by atoms with Crippen molar-refractivity contribution in [1.29, 1.82) is 0 Å². The molecule has 1 aromatic carbocycles. The van der Waals surface area contributed by atoms with Crippen LogP contribution in [0.25, 0.3) is 16.8 Å². The van der Waals surface area contributed by atoms with Gasteiger partial charge in [-0.25, -0.2) is 9.97 Å². The maximum Gasteiger partial charge on any atom is 0.131 e. The van der Waals surface area contributed by atoms with Gasteiger partial charge in [-0.2, -0.15) is 0 Å². The lowest BCUT2D eigenvalue weighted by atomic mass is 9.69. The van der Waals surface area contributed by atoms with E-state index in [2.05, 4.69) is 53.7 Å². The molecule has 2 aromatic rings. The summed E-state index contributed by atoms with van der Waals surface area (Å²) in [6, 6.07) is 6.72. The monoisotopic (exact) mass is 391 g/mol. The first kappa shape index (κ1) is 19.6. The summed E-state index contributed by atoms with van der Waals surface area (Å²) in [7, 11) is 1.57. The van der Waals surface area contributed by atoms with Crippen molar-refractivity contribution in [2.75, 3.05) is 12.8 Å². The molecule has 1 fully saturated rings. The van der Waals surface area contributed by atoms with E-state index in [0.717, 1.165) is 59.3 Å². The number of rotatable bonds is 3. The van der Waals surface area contributed by atoms with E-state index in [0.29, 0.717) is 17.8 Å². The van der Waals surface area contributed by atoms with Crippen molar-refractivity contribution in [2.24, 2.45) is 16.8 Å². The number of fused-ring (bicyclic) bond motifs is 3. The Bertz CT molecular complexity index is 987. The van der Waals surface area contributed by atoms with Gasteiger partial charge in [-0.15, -0.1) is 0 Å². The molecule has 2 aliphatic rings. The maximum atomic E-state index is 6.25. The second kappa shape index (κ2) is 7.26. The van der Waals surface area contributed by atoms with Crippen LogP contribution in [0.5, 0.6) is 0 Å². The van der Waals surface area contributed by atoms with Crippen LogP contribution in [0.1, 0.15) is 56.2 Å². The molecule has 0 radical (unpaired) electrons. The number of nitrogen functional groups attached to an aromatic ring is 1. The molecule has 1 aromatic heterocycles. The molecule has 1 heterocycles. The highest BCUT2D eigenvalue weighted by molar-refractivity contribution is 6.15. The SMILES string of the molecule is C=C(c1ccc2c(c1)/C(=N/OC)C(C)(C)c1c(N)ncnc1-2)[C@H]1CC[C@H](N)CC1. The predicted molar refractivity (Wildman–Crippen MR) is 117 cm³/mol. The van der Waals surface area contributed by atoms with Crippen LogP contribution in [-0.2, 0) is 10.3 Å². The van der Waals surface area contributed by atoms with E-state index in [1.54, 1.807) is 7.11 Å². The Labute approximate surface area is 172 Å². The topological polar surface area (TPSA) is 99.4 Å². The lowest BCUT2D eigenvalue weighted by Crippen LogP contribution is -2.36. The van der Waals surface area contributed by atoms with Crippen LogP contribution in [0.4, 0.5) is 5.82 Å². The van der Waals surface area contributed by atoms with E-state index >= 15 is 0 Å². The third-order valence-electron chi connectivity index (χ3n) is 6.44. The summed E-state index contributed by atoms with van der Waals surface area (Å²) in [6.45, 7) is 8.59. The first-order chi connectivity index (χ1) is 13.8. The minimum absolute atomic E-state index is 0.325. The average molecular weight is 392 g/mol. The number of anilines is 1. The second-order valence-electron chi connectivity index (χ2n) is 8.63. The number of oxime groups is 1. The Balaban J connectivity index is 1.83. The number of nitrogens with two attached hydrogens (primary N) is 2. The molecular weight excluding hydrogens is 362 g/mol. The zero-order chi connectivity index (χ0) is 20.8. The van der Waals surface area contributed by atoms with Crippen molar-refractivity contribution >= 4 is 17.1 Å². The Morgan fingerprint density at radius 1 is 1.17 bits per heavy atom. The van der Waals surface area contributed by atoms with Gasteiger partial charge in [-0.3, -0.25) is 0 Å². The van der Waals surface area contributed by atoms with Crippen LogP contribution in [-0.4, -0.2) is 28.8 Å². The van der Waals surface area contributed by atoms with Gasteiger partial charge in [0, 0.05) is 28.1 Å². The van der Waals surface area contributed by atoms with Crippen molar-refractivity contribution in [1.82, 2.24) is 9.97 Å². The van der Waals surface area contributed by atoms with E-state index in [-0.39, 0.29) is 0 Å². The summed E-state index contributed by atoms with van der Waals surface area (Å²) < 4.78 is 0. The Kier molecular flexibility index (Phi) is 4.90. The number of aromatic nitrogens is 2. The van der Waals surface area contributed by atoms with Crippen LogP contribution < -0.4 is 11.5 Å². The standard InChI is InChI=1S/C23H29N5O/c1-13(14-5-8-16(24)9-6-14)15-7-10-17-18(11-15)21(28-29-4)23(2,3)19-20(17)26-12-27-22(19)25/h7,10-12,14,16H,1,5-6,8-9,24H2,2-4H3,(H2,25,26,27)/b28-21-/t14-,16-. The molecule has 0 bridgehead atoms. The van der Waals surface area contributed by atoms with Crippen LogP contribution in [0.15, 0.2) is 36.3 Å². The van der Waals surface area contributed by atoms with Gasteiger partial charge in [-0.1, -0.05) is 23.9 Å². The molecule has 6 nitrogen and oxygen atoms in total. The van der Waals surface area contributed by atoms with Crippen molar-refractivity contribution in [2.45, 2.75) is 51.0 Å². The van der Waals surface area contributed by atoms with Gasteiger partial charge >= 0.3 is 0 Å².